The van der Waals surface area contributed by atoms with E-state index in [1.54, 1.807) is 35.1 Å². The van der Waals surface area contributed by atoms with Gasteiger partial charge in [-0.3, -0.25) is 0 Å². The summed E-state index contributed by atoms with van der Waals surface area (Å²) in [4.78, 5) is 0. The molecule has 3 aromatic rings. The third-order valence-electron chi connectivity index (χ3n) is 2.81. The molecule has 3 rings (SSSR count). The fraction of sp³-hybridized carbons (Fsp3) is 0. The summed E-state index contributed by atoms with van der Waals surface area (Å²) in [6, 6.07) is 6.88. The van der Waals surface area contributed by atoms with Crippen LogP contribution in [0.4, 0.5) is 5.69 Å². The number of rotatable bonds is 2. The first-order chi connectivity index (χ1) is 9.95. The van der Waals surface area contributed by atoms with Gasteiger partial charge >= 0.3 is 0 Å². The normalized spacial score (nSPS) is 11.0. The van der Waals surface area contributed by atoms with Gasteiger partial charge in [0.1, 0.15) is 10.0 Å². The number of nitrogens with zero attached hydrogens (tertiary/aromatic N) is 2. The van der Waals surface area contributed by atoms with Crippen molar-refractivity contribution in [3.63, 3.8) is 0 Å². The maximum absolute atomic E-state index is 6.18. The van der Waals surface area contributed by atoms with Gasteiger partial charge in [0.15, 0.2) is 0 Å². The largest absolute Gasteiger partial charge is 0.396 e. The highest BCUT2D eigenvalue weighted by molar-refractivity contribution is 7.20. The van der Waals surface area contributed by atoms with Crippen LogP contribution in [0, 0.1) is 0 Å². The van der Waals surface area contributed by atoms with Crippen molar-refractivity contribution in [2.24, 2.45) is 0 Å². The van der Waals surface area contributed by atoms with Crippen molar-refractivity contribution in [3.8, 4) is 16.9 Å². The third-order valence-corrected chi connectivity index (χ3v) is 4.84. The molecule has 0 saturated heterocycles. The lowest BCUT2D eigenvalue weighted by molar-refractivity contribution is 0.885. The molecule has 0 radical (unpaired) electrons. The van der Waals surface area contributed by atoms with E-state index >= 15 is 0 Å². The summed E-state index contributed by atoms with van der Waals surface area (Å²) in [6.07, 6.45) is 1.67. The molecule has 0 aliphatic carbocycles. The van der Waals surface area contributed by atoms with Crippen molar-refractivity contribution in [1.82, 2.24) is 9.78 Å². The summed E-state index contributed by atoms with van der Waals surface area (Å²) in [5, 5.41) is 5.47. The molecule has 0 unspecified atom stereocenters. The van der Waals surface area contributed by atoms with Crippen molar-refractivity contribution in [2.45, 2.75) is 0 Å². The lowest BCUT2D eigenvalue weighted by Gasteiger charge is -2.04. The predicted molar refractivity (Wildman–Crippen MR) is 91.3 cm³/mol. The lowest BCUT2D eigenvalue weighted by Crippen LogP contribution is -1.95. The minimum Gasteiger partial charge on any atom is -0.396 e. The van der Waals surface area contributed by atoms with Crippen molar-refractivity contribution < 1.29 is 0 Å². The molecule has 2 aromatic heterocycles. The molecule has 0 fully saturated rings. The third kappa shape index (κ3) is 2.87. The monoisotopic (exact) mass is 377 g/mol. The minimum absolute atomic E-state index is 0.478. The highest BCUT2D eigenvalue weighted by Gasteiger charge is 2.16. The Morgan fingerprint density at radius 2 is 1.86 bits per heavy atom. The molecule has 108 valence electrons. The minimum atomic E-state index is 0.478. The number of halogens is 4. The van der Waals surface area contributed by atoms with Crippen LogP contribution in [0.15, 0.2) is 30.5 Å². The van der Waals surface area contributed by atoms with Gasteiger partial charge in [0, 0.05) is 10.6 Å². The van der Waals surface area contributed by atoms with Gasteiger partial charge in [-0.15, -0.1) is 11.3 Å². The topological polar surface area (TPSA) is 43.8 Å². The maximum atomic E-state index is 6.18. The van der Waals surface area contributed by atoms with Crippen LogP contribution in [-0.4, -0.2) is 9.78 Å². The predicted octanol–water partition coefficient (Wildman–Crippen LogP) is 5.80. The van der Waals surface area contributed by atoms with Gasteiger partial charge in [-0.2, -0.15) is 5.10 Å². The number of nitrogens with two attached hydrogens (primary N) is 1. The molecule has 3 nitrogen and oxygen atoms in total. The number of anilines is 1. The van der Waals surface area contributed by atoms with Crippen LogP contribution >= 0.6 is 57.7 Å². The van der Waals surface area contributed by atoms with Crippen LogP contribution < -0.4 is 5.73 Å². The molecule has 1 aromatic carbocycles. The van der Waals surface area contributed by atoms with Crippen molar-refractivity contribution >= 4 is 63.4 Å². The molecule has 8 heteroatoms. The highest BCUT2D eigenvalue weighted by Crippen LogP contribution is 2.40. The van der Waals surface area contributed by atoms with E-state index in [4.69, 9.17) is 52.1 Å². The zero-order valence-corrected chi connectivity index (χ0v) is 14.1. The van der Waals surface area contributed by atoms with E-state index in [1.165, 1.54) is 11.3 Å². The first-order valence-corrected chi connectivity index (χ1v) is 8.04. The number of hydrogen-bond acceptors (Lipinski definition) is 3. The number of hydrogen-bond donors (Lipinski definition) is 1. The van der Waals surface area contributed by atoms with E-state index in [0.717, 1.165) is 0 Å². The number of benzene rings is 1. The fourth-order valence-electron chi connectivity index (χ4n) is 1.89. The summed E-state index contributed by atoms with van der Waals surface area (Å²) in [6.45, 7) is 0. The fourth-order valence-corrected chi connectivity index (χ4v) is 3.85. The Hall–Kier alpha value is -0.910. The van der Waals surface area contributed by atoms with Gasteiger partial charge in [-0.1, -0.05) is 46.4 Å². The summed E-state index contributed by atoms with van der Waals surface area (Å²) < 4.78 is 2.71. The Morgan fingerprint density at radius 1 is 1.10 bits per heavy atom. The summed E-state index contributed by atoms with van der Waals surface area (Å²) in [5.41, 5.74) is 8.45. The molecule has 2 N–H and O–H groups in total. The van der Waals surface area contributed by atoms with Crippen LogP contribution in [-0.2, 0) is 0 Å². The van der Waals surface area contributed by atoms with Crippen molar-refractivity contribution in [2.75, 3.05) is 5.73 Å². The standard InChI is InChI=1S/C13H7Cl4N3S/c14-6-1-2-10(8(15)3-6)20-5-9(18)12(19-20)7-4-11(16)21-13(7)17/h1-5H,18H2. The van der Waals surface area contributed by atoms with E-state index in [9.17, 15) is 0 Å². The zero-order valence-electron chi connectivity index (χ0n) is 10.3. The number of thiophene rings is 1. The average molecular weight is 379 g/mol. The van der Waals surface area contributed by atoms with E-state index in [0.29, 0.717) is 41.4 Å². The Kier molecular flexibility index (Phi) is 4.08. The summed E-state index contributed by atoms with van der Waals surface area (Å²) in [7, 11) is 0. The van der Waals surface area contributed by atoms with E-state index in [2.05, 4.69) is 5.10 Å². The van der Waals surface area contributed by atoms with Gasteiger partial charge in [-0.25, -0.2) is 4.68 Å². The molecule has 0 atom stereocenters. The summed E-state index contributed by atoms with van der Waals surface area (Å²) >= 11 is 25.4. The van der Waals surface area contributed by atoms with Gasteiger partial charge < -0.3 is 5.73 Å². The molecule has 0 spiro atoms. The van der Waals surface area contributed by atoms with Crippen LogP contribution in [0.5, 0.6) is 0 Å². The molecule has 0 aliphatic rings. The second-order valence-corrected chi connectivity index (χ2v) is 7.34. The van der Waals surface area contributed by atoms with Crippen molar-refractivity contribution in [3.05, 3.63) is 49.2 Å². The highest BCUT2D eigenvalue weighted by atomic mass is 35.5. The second-order valence-electron chi connectivity index (χ2n) is 4.21. The molecule has 0 aliphatic heterocycles. The zero-order chi connectivity index (χ0) is 15.1. The smallest absolute Gasteiger partial charge is 0.118 e. The average Bonchev–Trinajstić information content (AvgIpc) is 2.92. The molecule has 0 saturated carbocycles. The lowest BCUT2D eigenvalue weighted by atomic mass is 10.2. The molecular formula is C13H7Cl4N3S. The van der Waals surface area contributed by atoms with Gasteiger partial charge in [0.25, 0.3) is 0 Å². The molecular weight excluding hydrogens is 372 g/mol. The van der Waals surface area contributed by atoms with Gasteiger partial charge in [0.05, 0.1) is 26.9 Å². The van der Waals surface area contributed by atoms with Gasteiger partial charge in [-0.05, 0) is 24.3 Å². The maximum Gasteiger partial charge on any atom is 0.118 e. The number of nitrogen functional groups attached to an aromatic ring is 1. The van der Waals surface area contributed by atoms with Gasteiger partial charge in [0.2, 0.25) is 0 Å². The SMILES string of the molecule is Nc1cn(-c2ccc(Cl)cc2Cl)nc1-c1cc(Cl)sc1Cl. The number of aromatic nitrogens is 2. The molecule has 21 heavy (non-hydrogen) atoms. The van der Waals surface area contributed by atoms with Crippen LogP contribution in [0.3, 0.4) is 0 Å². The molecule has 0 bridgehead atoms. The first kappa shape index (κ1) is 15.0. The van der Waals surface area contributed by atoms with Crippen LogP contribution in [0.1, 0.15) is 0 Å². The van der Waals surface area contributed by atoms with Crippen molar-refractivity contribution in [1.29, 1.82) is 0 Å². The Labute approximate surface area is 144 Å². The Bertz CT molecular complexity index is 825. The van der Waals surface area contributed by atoms with Crippen LogP contribution in [0.25, 0.3) is 16.9 Å². The van der Waals surface area contributed by atoms with E-state index in [1.807, 2.05) is 0 Å². The van der Waals surface area contributed by atoms with E-state index in [-0.39, 0.29) is 0 Å². The van der Waals surface area contributed by atoms with Crippen LogP contribution in [0.2, 0.25) is 18.7 Å². The molecule has 2 heterocycles. The Balaban J connectivity index is 2.11. The first-order valence-electron chi connectivity index (χ1n) is 5.71. The second kappa shape index (κ2) is 5.71. The summed E-state index contributed by atoms with van der Waals surface area (Å²) in [5.74, 6) is 0. The van der Waals surface area contributed by atoms with E-state index < -0.39 is 0 Å². The quantitative estimate of drug-likeness (QED) is 0.612. The molecule has 0 amide bonds. The Morgan fingerprint density at radius 3 is 2.48 bits per heavy atom.